The van der Waals surface area contributed by atoms with Crippen molar-refractivity contribution in [3.8, 4) is 0 Å². The van der Waals surface area contributed by atoms with Crippen LogP contribution in [0.5, 0.6) is 0 Å². The van der Waals surface area contributed by atoms with E-state index in [1.165, 1.54) is 5.56 Å². The number of hydrogen-bond donors (Lipinski definition) is 0. The van der Waals surface area contributed by atoms with Crippen molar-refractivity contribution in [3.05, 3.63) is 41.0 Å². The second-order valence-electron chi connectivity index (χ2n) is 8.05. The van der Waals surface area contributed by atoms with Crippen LogP contribution in [0, 0.1) is 0 Å². The lowest BCUT2D eigenvalue weighted by Gasteiger charge is -2.31. The van der Waals surface area contributed by atoms with E-state index < -0.39 is 5.60 Å². The van der Waals surface area contributed by atoms with Gasteiger partial charge in [0.2, 0.25) is 5.91 Å². The number of nitrogens with zero attached hydrogens (tertiary/aromatic N) is 2. The zero-order valence-electron chi connectivity index (χ0n) is 16.0. The van der Waals surface area contributed by atoms with Gasteiger partial charge >= 0.3 is 6.09 Å². The average Bonchev–Trinajstić information content (AvgIpc) is 3.12. The first-order valence-electron chi connectivity index (χ1n) is 9.38. The topological polar surface area (TPSA) is 49.9 Å². The molecule has 2 aliphatic heterocycles. The van der Waals surface area contributed by atoms with Gasteiger partial charge in [-0.15, -0.1) is 0 Å². The summed E-state index contributed by atoms with van der Waals surface area (Å²) < 4.78 is 5.46. The zero-order valence-corrected chi connectivity index (χ0v) is 16.0. The Bertz CT molecular complexity index is 712. The molecule has 3 rings (SSSR count). The Labute approximate surface area is 155 Å². The third-order valence-corrected chi connectivity index (χ3v) is 4.73. The third kappa shape index (κ3) is 4.65. The molecule has 1 aromatic rings. The molecule has 0 aromatic heterocycles. The summed E-state index contributed by atoms with van der Waals surface area (Å²) in [6, 6.07) is 6.17. The largest absolute Gasteiger partial charge is 0.444 e. The lowest BCUT2D eigenvalue weighted by atomic mass is 9.97. The highest BCUT2D eigenvalue weighted by atomic mass is 16.6. The molecule has 2 aliphatic rings. The Morgan fingerprint density at radius 1 is 1.04 bits per heavy atom. The average molecular weight is 356 g/mol. The number of likely N-dealkylation sites (tertiary alicyclic amines) is 1. The molecule has 1 aromatic carbocycles. The minimum atomic E-state index is -0.478. The van der Waals surface area contributed by atoms with Gasteiger partial charge in [-0.1, -0.05) is 18.2 Å². The number of amides is 2. The second-order valence-corrected chi connectivity index (χ2v) is 8.05. The number of rotatable bonds is 2. The van der Waals surface area contributed by atoms with Crippen molar-refractivity contribution >= 4 is 18.1 Å². The summed E-state index contributed by atoms with van der Waals surface area (Å²) in [6.45, 7) is 8.60. The van der Waals surface area contributed by atoms with Gasteiger partial charge in [0.25, 0.3) is 0 Å². The van der Waals surface area contributed by atoms with E-state index in [1.54, 1.807) is 11.0 Å². The van der Waals surface area contributed by atoms with Crippen LogP contribution in [0.1, 0.15) is 50.3 Å². The van der Waals surface area contributed by atoms with Gasteiger partial charge in [0.1, 0.15) is 5.60 Å². The van der Waals surface area contributed by atoms with Crippen LogP contribution in [-0.4, -0.2) is 47.0 Å². The Balaban J connectivity index is 1.63. The molecule has 1 saturated heterocycles. The molecule has 0 bridgehead atoms. The molecule has 2 amide bonds. The van der Waals surface area contributed by atoms with E-state index in [0.717, 1.165) is 43.5 Å². The standard InChI is InChI=1S/C21H28N2O3/c1-21(2,3)26-20(25)23-13-10-17-14-16(6-8-18(17)15-23)7-9-19(24)22-11-4-5-12-22/h6-9,14H,4-5,10-13,15H2,1-3H3. The van der Waals surface area contributed by atoms with Crippen molar-refractivity contribution in [1.29, 1.82) is 0 Å². The molecule has 0 aliphatic carbocycles. The first-order valence-corrected chi connectivity index (χ1v) is 9.38. The van der Waals surface area contributed by atoms with Gasteiger partial charge in [0, 0.05) is 32.3 Å². The summed E-state index contributed by atoms with van der Waals surface area (Å²) in [5.74, 6) is 0.0938. The van der Waals surface area contributed by atoms with E-state index in [0.29, 0.717) is 13.1 Å². The minimum Gasteiger partial charge on any atom is -0.444 e. The van der Waals surface area contributed by atoms with Crippen LogP contribution in [-0.2, 0) is 22.5 Å². The smallest absolute Gasteiger partial charge is 0.410 e. The number of carbonyl (C=O) groups excluding carboxylic acids is 2. The molecule has 0 radical (unpaired) electrons. The second kappa shape index (κ2) is 7.52. The fourth-order valence-electron chi connectivity index (χ4n) is 3.37. The van der Waals surface area contributed by atoms with E-state index in [-0.39, 0.29) is 12.0 Å². The highest BCUT2D eigenvalue weighted by Gasteiger charge is 2.25. The molecular formula is C21H28N2O3. The molecule has 1 fully saturated rings. The maximum Gasteiger partial charge on any atom is 0.410 e. The number of carbonyl (C=O) groups is 2. The monoisotopic (exact) mass is 356 g/mol. The molecule has 0 N–H and O–H groups in total. The van der Waals surface area contributed by atoms with Crippen molar-refractivity contribution < 1.29 is 14.3 Å². The summed E-state index contributed by atoms with van der Waals surface area (Å²) in [5.41, 5.74) is 2.93. The Hall–Kier alpha value is -2.30. The Morgan fingerprint density at radius 3 is 2.46 bits per heavy atom. The molecule has 0 spiro atoms. The molecule has 0 saturated carbocycles. The number of benzene rings is 1. The van der Waals surface area contributed by atoms with Gasteiger partial charge in [-0.25, -0.2) is 4.79 Å². The van der Waals surface area contributed by atoms with Crippen LogP contribution in [0.4, 0.5) is 4.79 Å². The maximum atomic E-state index is 12.2. The SMILES string of the molecule is CC(C)(C)OC(=O)N1CCc2cc(C=CC(=O)N3CCCC3)ccc2C1. The molecule has 0 unspecified atom stereocenters. The predicted octanol–water partition coefficient (Wildman–Crippen LogP) is 3.62. The molecule has 5 nitrogen and oxygen atoms in total. The van der Waals surface area contributed by atoms with Crippen molar-refractivity contribution in [3.63, 3.8) is 0 Å². The van der Waals surface area contributed by atoms with Crippen LogP contribution in [0.2, 0.25) is 0 Å². The predicted molar refractivity (Wildman–Crippen MR) is 102 cm³/mol. The van der Waals surface area contributed by atoms with Crippen molar-refractivity contribution in [2.75, 3.05) is 19.6 Å². The van der Waals surface area contributed by atoms with Gasteiger partial charge in [-0.05, 0) is 62.8 Å². The summed E-state index contributed by atoms with van der Waals surface area (Å²) in [6.07, 6.45) is 6.31. The molecule has 5 heteroatoms. The summed E-state index contributed by atoms with van der Waals surface area (Å²) in [5, 5.41) is 0. The van der Waals surface area contributed by atoms with Crippen LogP contribution < -0.4 is 0 Å². The molecule has 2 heterocycles. The fourth-order valence-corrected chi connectivity index (χ4v) is 3.37. The minimum absolute atomic E-state index is 0.0938. The molecule has 140 valence electrons. The van der Waals surface area contributed by atoms with Crippen molar-refractivity contribution in [2.24, 2.45) is 0 Å². The van der Waals surface area contributed by atoms with Crippen LogP contribution in [0.25, 0.3) is 6.08 Å². The highest BCUT2D eigenvalue weighted by molar-refractivity contribution is 5.92. The van der Waals surface area contributed by atoms with E-state index in [1.807, 2.05) is 43.9 Å². The van der Waals surface area contributed by atoms with E-state index in [4.69, 9.17) is 4.74 Å². The fraction of sp³-hybridized carbons (Fsp3) is 0.524. The Morgan fingerprint density at radius 2 is 1.77 bits per heavy atom. The van der Waals surface area contributed by atoms with Crippen molar-refractivity contribution in [2.45, 2.75) is 52.2 Å². The van der Waals surface area contributed by atoms with Crippen LogP contribution >= 0.6 is 0 Å². The maximum absolute atomic E-state index is 12.2. The summed E-state index contributed by atoms with van der Waals surface area (Å²) >= 11 is 0. The number of ether oxygens (including phenoxy) is 1. The van der Waals surface area contributed by atoms with E-state index in [2.05, 4.69) is 6.07 Å². The molecular weight excluding hydrogens is 328 g/mol. The number of fused-ring (bicyclic) bond motifs is 1. The third-order valence-electron chi connectivity index (χ3n) is 4.73. The lowest BCUT2D eigenvalue weighted by molar-refractivity contribution is -0.124. The van der Waals surface area contributed by atoms with Crippen LogP contribution in [0.15, 0.2) is 24.3 Å². The summed E-state index contributed by atoms with van der Waals surface area (Å²) in [4.78, 5) is 28.0. The first-order chi connectivity index (χ1) is 12.3. The molecule has 26 heavy (non-hydrogen) atoms. The highest BCUT2D eigenvalue weighted by Crippen LogP contribution is 2.23. The zero-order chi connectivity index (χ0) is 18.7. The van der Waals surface area contributed by atoms with E-state index >= 15 is 0 Å². The van der Waals surface area contributed by atoms with E-state index in [9.17, 15) is 9.59 Å². The summed E-state index contributed by atoms with van der Waals surface area (Å²) in [7, 11) is 0. The van der Waals surface area contributed by atoms with Gasteiger partial charge in [-0.3, -0.25) is 4.79 Å². The van der Waals surface area contributed by atoms with Gasteiger partial charge < -0.3 is 14.5 Å². The normalized spacial score (nSPS) is 17.5. The van der Waals surface area contributed by atoms with Gasteiger partial charge in [-0.2, -0.15) is 0 Å². The van der Waals surface area contributed by atoms with Crippen molar-refractivity contribution in [1.82, 2.24) is 9.80 Å². The Kier molecular flexibility index (Phi) is 5.35. The number of hydrogen-bond acceptors (Lipinski definition) is 3. The van der Waals surface area contributed by atoms with Crippen LogP contribution in [0.3, 0.4) is 0 Å². The quantitative estimate of drug-likeness (QED) is 0.761. The lowest BCUT2D eigenvalue weighted by Crippen LogP contribution is -2.39. The molecule has 0 atom stereocenters. The first kappa shape index (κ1) is 18.5. The van der Waals surface area contributed by atoms with Gasteiger partial charge in [0.15, 0.2) is 0 Å². The van der Waals surface area contributed by atoms with Gasteiger partial charge in [0.05, 0.1) is 0 Å².